The molecule has 2 aromatic carbocycles. The van der Waals surface area contributed by atoms with Crippen LogP contribution < -0.4 is 0 Å². The van der Waals surface area contributed by atoms with Gasteiger partial charge in [-0.05, 0) is 52.7 Å². The molecule has 0 bridgehead atoms. The average molecular weight is 388 g/mol. The third-order valence-electron chi connectivity index (χ3n) is 5.32. The molecule has 2 aromatic heterocycles. The highest BCUT2D eigenvalue weighted by Crippen LogP contribution is 2.35. The molecule has 5 rings (SSSR count). The number of halogens is 1. The molecule has 0 fully saturated rings. The number of carbonyl (C=O) groups is 1. The Morgan fingerprint density at radius 2 is 2.07 bits per heavy atom. The normalized spacial score (nSPS) is 16.3. The first kappa shape index (κ1) is 17.4. The lowest BCUT2D eigenvalue weighted by atomic mass is 9.86. The molecule has 144 valence electrons. The van der Waals surface area contributed by atoms with E-state index in [4.69, 9.17) is 0 Å². The number of benzene rings is 2. The van der Waals surface area contributed by atoms with Crippen LogP contribution in [0.25, 0.3) is 10.9 Å². The highest BCUT2D eigenvalue weighted by Gasteiger charge is 2.33. The summed E-state index contributed by atoms with van der Waals surface area (Å²) in [6, 6.07) is 11.5. The number of fused-ring (bicyclic) bond motifs is 2. The molecule has 29 heavy (non-hydrogen) atoms. The number of nitrogens with zero attached hydrogens (tertiary/aromatic N) is 5. The number of tetrazole rings is 1. The van der Waals surface area contributed by atoms with E-state index >= 15 is 0 Å². The van der Waals surface area contributed by atoms with Crippen LogP contribution in [0.5, 0.6) is 0 Å². The van der Waals surface area contributed by atoms with Gasteiger partial charge in [-0.2, -0.15) is 5.10 Å². The number of carbonyl (C=O) groups excluding carboxylic acids is 1. The summed E-state index contributed by atoms with van der Waals surface area (Å²) >= 11 is 0. The van der Waals surface area contributed by atoms with E-state index in [0.717, 1.165) is 27.6 Å². The van der Waals surface area contributed by atoms with Crippen molar-refractivity contribution in [2.75, 3.05) is 0 Å². The highest BCUT2D eigenvalue weighted by atomic mass is 19.1. The number of Topliss-reactive ketones (excluding diaryl/α,β-unsaturated/α-hetero) is 1. The van der Waals surface area contributed by atoms with Gasteiger partial charge in [-0.3, -0.25) is 9.89 Å². The average Bonchev–Trinajstić information content (AvgIpc) is 3.36. The van der Waals surface area contributed by atoms with E-state index in [1.165, 1.54) is 12.1 Å². The number of aromatic nitrogens is 6. The SMILES string of the molecule is CC1=C(C(=O)Cc2ccc3[nH]ncc3c2)C(c2ccc(F)cc2)n2nnnc2C1. The number of rotatable bonds is 4. The van der Waals surface area contributed by atoms with Crippen molar-refractivity contribution in [3.63, 3.8) is 0 Å². The summed E-state index contributed by atoms with van der Waals surface area (Å²) in [5, 5.41) is 19.9. The Balaban J connectivity index is 1.54. The monoisotopic (exact) mass is 388 g/mol. The molecule has 1 aliphatic rings. The molecule has 0 spiro atoms. The van der Waals surface area contributed by atoms with Crippen LogP contribution in [0.2, 0.25) is 0 Å². The van der Waals surface area contributed by atoms with Gasteiger partial charge in [0.15, 0.2) is 11.6 Å². The molecule has 3 heterocycles. The molecule has 0 amide bonds. The zero-order valence-electron chi connectivity index (χ0n) is 15.6. The molecule has 1 N–H and O–H groups in total. The number of hydrogen-bond donors (Lipinski definition) is 1. The topological polar surface area (TPSA) is 89.4 Å². The Kier molecular flexibility index (Phi) is 4.04. The van der Waals surface area contributed by atoms with Crippen molar-refractivity contribution in [1.82, 2.24) is 30.4 Å². The Morgan fingerprint density at radius 3 is 2.90 bits per heavy atom. The van der Waals surface area contributed by atoms with Crippen LogP contribution in [0.4, 0.5) is 4.39 Å². The molecule has 1 atom stereocenters. The summed E-state index contributed by atoms with van der Waals surface area (Å²) in [5.41, 5.74) is 4.19. The molecule has 1 aliphatic heterocycles. The van der Waals surface area contributed by atoms with E-state index in [1.54, 1.807) is 23.0 Å². The second kappa shape index (κ2) is 6.73. The molecule has 0 saturated heterocycles. The molecule has 8 heteroatoms. The lowest BCUT2D eigenvalue weighted by Gasteiger charge is -2.27. The molecule has 4 aromatic rings. The number of aromatic amines is 1. The van der Waals surface area contributed by atoms with Crippen molar-refractivity contribution in [3.8, 4) is 0 Å². The fourth-order valence-electron chi connectivity index (χ4n) is 3.94. The van der Waals surface area contributed by atoms with Crippen molar-refractivity contribution in [2.45, 2.75) is 25.8 Å². The summed E-state index contributed by atoms with van der Waals surface area (Å²) < 4.78 is 15.1. The van der Waals surface area contributed by atoms with Crippen LogP contribution in [-0.4, -0.2) is 36.2 Å². The number of H-pyrrole nitrogens is 1. The fraction of sp³-hybridized carbons (Fsp3) is 0.190. The first-order chi connectivity index (χ1) is 14.1. The number of ketones is 1. The van der Waals surface area contributed by atoms with Crippen molar-refractivity contribution >= 4 is 16.7 Å². The summed E-state index contributed by atoms with van der Waals surface area (Å²) in [7, 11) is 0. The first-order valence-electron chi connectivity index (χ1n) is 9.27. The lowest BCUT2D eigenvalue weighted by Crippen LogP contribution is -2.28. The largest absolute Gasteiger partial charge is 0.294 e. The maximum absolute atomic E-state index is 13.5. The van der Waals surface area contributed by atoms with E-state index in [0.29, 0.717) is 17.8 Å². The molecule has 7 nitrogen and oxygen atoms in total. The summed E-state index contributed by atoms with van der Waals surface area (Å²) in [6.07, 6.45) is 2.50. The van der Waals surface area contributed by atoms with Gasteiger partial charge in [-0.25, -0.2) is 9.07 Å². The molecular weight excluding hydrogens is 371 g/mol. The van der Waals surface area contributed by atoms with Gasteiger partial charge in [0.05, 0.1) is 11.7 Å². The van der Waals surface area contributed by atoms with Crippen LogP contribution in [0.1, 0.15) is 29.9 Å². The van der Waals surface area contributed by atoms with Crippen LogP contribution in [0, 0.1) is 5.82 Å². The predicted molar refractivity (Wildman–Crippen MR) is 104 cm³/mol. The number of hydrogen-bond acceptors (Lipinski definition) is 5. The molecule has 0 aliphatic carbocycles. The van der Waals surface area contributed by atoms with Crippen molar-refractivity contribution in [1.29, 1.82) is 0 Å². The van der Waals surface area contributed by atoms with Crippen molar-refractivity contribution < 1.29 is 9.18 Å². The van der Waals surface area contributed by atoms with E-state index in [2.05, 4.69) is 25.7 Å². The predicted octanol–water partition coefficient (Wildman–Crippen LogP) is 2.96. The summed E-state index contributed by atoms with van der Waals surface area (Å²) in [4.78, 5) is 13.4. The minimum Gasteiger partial charge on any atom is -0.294 e. The van der Waals surface area contributed by atoms with Crippen LogP contribution in [0.15, 0.2) is 59.8 Å². The quantitative estimate of drug-likeness (QED) is 0.581. The third-order valence-corrected chi connectivity index (χ3v) is 5.32. The van der Waals surface area contributed by atoms with Gasteiger partial charge < -0.3 is 0 Å². The lowest BCUT2D eigenvalue weighted by molar-refractivity contribution is -0.115. The third kappa shape index (κ3) is 3.02. The Labute approximate surface area is 165 Å². The van der Waals surface area contributed by atoms with E-state index < -0.39 is 6.04 Å². The molecule has 1 unspecified atom stereocenters. The molecule has 0 radical (unpaired) electrons. The number of nitrogens with one attached hydrogen (secondary N) is 1. The minimum absolute atomic E-state index is 0.000759. The first-order valence-corrected chi connectivity index (χ1v) is 9.27. The Morgan fingerprint density at radius 1 is 1.24 bits per heavy atom. The van der Waals surface area contributed by atoms with E-state index in [9.17, 15) is 9.18 Å². The van der Waals surface area contributed by atoms with Gasteiger partial charge in [-0.1, -0.05) is 23.8 Å². The van der Waals surface area contributed by atoms with Crippen molar-refractivity contribution in [2.24, 2.45) is 0 Å². The van der Waals surface area contributed by atoms with Crippen LogP contribution >= 0.6 is 0 Å². The van der Waals surface area contributed by atoms with Gasteiger partial charge in [0.2, 0.25) is 0 Å². The Hall–Kier alpha value is -3.68. The van der Waals surface area contributed by atoms with E-state index in [-0.39, 0.29) is 18.0 Å². The van der Waals surface area contributed by atoms with Crippen LogP contribution in [0.3, 0.4) is 0 Å². The zero-order valence-corrected chi connectivity index (χ0v) is 15.6. The Bertz CT molecular complexity index is 1250. The van der Waals surface area contributed by atoms with Gasteiger partial charge in [0, 0.05) is 23.8 Å². The zero-order chi connectivity index (χ0) is 20.0. The van der Waals surface area contributed by atoms with Gasteiger partial charge in [0.1, 0.15) is 11.9 Å². The fourth-order valence-corrected chi connectivity index (χ4v) is 3.94. The minimum atomic E-state index is -0.473. The summed E-state index contributed by atoms with van der Waals surface area (Å²) in [6.45, 7) is 1.93. The van der Waals surface area contributed by atoms with Gasteiger partial charge in [0.25, 0.3) is 0 Å². The highest BCUT2D eigenvalue weighted by molar-refractivity contribution is 5.99. The standard InChI is InChI=1S/C21H17FN6O/c1-12-8-19-25-26-27-28(19)21(14-3-5-16(22)6-4-14)20(12)18(29)10-13-2-7-17-15(9-13)11-23-24-17/h2-7,9,11,21H,8,10H2,1H3,(H,23,24). The van der Waals surface area contributed by atoms with Crippen molar-refractivity contribution in [3.05, 3.63) is 82.6 Å². The van der Waals surface area contributed by atoms with Gasteiger partial charge in [-0.15, -0.1) is 5.10 Å². The smallest absolute Gasteiger partial charge is 0.165 e. The maximum atomic E-state index is 13.5. The van der Waals surface area contributed by atoms with Gasteiger partial charge >= 0.3 is 0 Å². The second-order valence-corrected chi connectivity index (χ2v) is 7.26. The summed E-state index contributed by atoms with van der Waals surface area (Å²) in [5.74, 6) is 0.359. The molecule has 0 saturated carbocycles. The second-order valence-electron chi connectivity index (χ2n) is 7.26. The maximum Gasteiger partial charge on any atom is 0.165 e. The molecular formula is C21H17FN6O. The number of allylic oxidation sites excluding steroid dienone is 2. The van der Waals surface area contributed by atoms with E-state index in [1.807, 2.05) is 25.1 Å². The van der Waals surface area contributed by atoms with Crippen LogP contribution in [-0.2, 0) is 17.6 Å².